The summed E-state index contributed by atoms with van der Waals surface area (Å²) in [7, 11) is 0. The van der Waals surface area contributed by atoms with Crippen molar-refractivity contribution in [3.63, 3.8) is 0 Å². The number of hydrogen-bond acceptors (Lipinski definition) is 3. The molecule has 0 spiro atoms. The van der Waals surface area contributed by atoms with E-state index in [2.05, 4.69) is 36.4 Å². The van der Waals surface area contributed by atoms with Crippen LogP contribution in [0.3, 0.4) is 0 Å². The average Bonchev–Trinajstić information content (AvgIpc) is 3.19. The molecule has 3 nitrogen and oxygen atoms in total. The third-order valence-corrected chi connectivity index (χ3v) is 4.93. The summed E-state index contributed by atoms with van der Waals surface area (Å²) in [5.74, 6) is 2.31. The first-order valence-corrected chi connectivity index (χ1v) is 10.3. The quantitative estimate of drug-likeness (QED) is 0.418. The van der Waals surface area contributed by atoms with Gasteiger partial charge in [0.05, 0.1) is 0 Å². The fourth-order valence-corrected chi connectivity index (χ4v) is 3.38. The molecule has 0 fully saturated rings. The SMILES string of the molecule is CC=CC=CC1Cc2cc(OCc3ccccc3)c(OCc3ccccc3)cc2O1. The van der Waals surface area contributed by atoms with Crippen molar-refractivity contribution in [2.45, 2.75) is 32.7 Å². The van der Waals surface area contributed by atoms with Crippen LogP contribution < -0.4 is 14.2 Å². The molecule has 3 aromatic rings. The molecule has 1 atom stereocenters. The Morgan fingerprint density at radius 2 is 1.43 bits per heavy atom. The van der Waals surface area contributed by atoms with Gasteiger partial charge in [-0.2, -0.15) is 0 Å². The third kappa shape index (κ3) is 5.12. The molecule has 0 saturated carbocycles. The van der Waals surface area contributed by atoms with Gasteiger partial charge in [-0.05, 0) is 30.2 Å². The predicted molar refractivity (Wildman–Crippen MR) is 120 cm³/mol. The van der Waals surface area contributed by atoms with E-state index in [1.54, 1.807) is 0 Å². The molecule has 1 unspecified atom stereocenters. The first-order chi connectivity index (χ1) is 14.8. The van der Waals surface area contributed by atoms with Crippen LogP contribution in [0.25, 0.3) is 0 Å². The van der Waals surface area contributed by atoms with Gasteiger partial charge in [0.25, 0.3) is 0 Å². The second-order valence-corrected chi connectivity index (χ2v) is 7.23. The molecule has 0 aliphatic carbocycles. The van der Waals surface area contributed by atoms with E-state index < -0.39 is 0 Å². The highest BCUT2D eigenvalue weighted by Gasteiger charge is 2.24. The second-order valence-electron chi connectivity index (χ2n) is 7.23. The molecule has 4 rings (SSSR count). The lowest BCUT2D eigenvalue weighted by Crippen LogP contribution is -2.08. The largest absolute Gasteiger partial charge is 0.486 e. The van der Waals surface area contributed by atoms with Crippen LogP contribution in [0.15, 0.2) is 97.1 Å². The smallest absolute Gasteiger partial charge is 0.165 e. The molecule has 0 aromatic heterocycles. The standard InChI is InChI=1S/C27H26O3/c1-2-3-6-15-24-16-23-17-26(28-19-21-11-7-4-8-12-21)27(18-25(23)30-24)29-20-22-13-9-5-10-14-22/h2-15,17-18,24H,16,19-20H2,1H3. The van der Waals surface area contributed by atoms with Crippen molar-refractivity contribution in [2.24, 2.45) is 0 Å². The summed E-state index contributed by atoms with van der Waals surface area (Å²) in [4.78, 5) is 0. The van der Waals surface area contributed by atoms with Gasteiger partial charge >= 0.3 is 0 Å². The number of fused-ring (bicyclic) bond motifs is 1. The van der Waals surface area contributed by atoms with Crippen molar-refractivity contribution in [1.29, 1.82) is 0 Å². The van der Waals surface area contributed by atoms with Gasteiger partial charge in [0.1, 0.15) is 25.1 Å². The maximum atomic E-state index is 6.16. The van der Waals surface area contributed by atoms with E-state index in [4.69, 9.17) is 14.2 Å². The van der Waals surface area contributed by atoms with E-state index in [1.807, 2.05) is 67.6 Å². The van der Waals surface area contributed by atoms with Crippen molar-refractivity contribution >= 4 is 0 Å². The maximum absolute atomic E-state index is 6.16. The van der Waals surface area contributed by atoms with Crippen LogP contribution in [0.5, 0.6) is 17.2 Å². The van der Waals surface area contributed by atoms with Gasteiger partial charge in [-0.3, -0.25) is 0 Å². The van der Waals surface area contributed by atoms with Crippen LogP contribution in [0, 0.1) is 0 Å². The van der Waals surface area contributed by atoms with Gasteiger partial charge in [0.15, 0.2) is 11.5 Å². The Morgan fingerprint density at radius 3 is 2.03 bits per heavy atom. The molecule has 3 heteroatoms. The van der Waals surface area contributed by atoms with Crippen LogP contribution in [-0.2, 0) is 19.6 Å². The van der Waals surface area contributed by atoms with E-state index in [1.165, 1.54) is 0 Å². The fourth-order valence-electron chi connectivity index (χ4n) is 3.38. The molecule has 0 N–H and O–H groups in total. The van der Waals surface area contributed by atoms with E-state index in [9.17, 15) is 0 Å². The van der Waals surface area contributed by atoms with Gasteiger partial charge in [0, 0.05) is 18.1 Å². The lowest BCUT2D eigenvalue weighted by molar-refractivity contribution is 0.252. The first-order valence-electron chi connectivity index (χ1n) is 10.3. The Kier molecular flexibility index (Phi) is 6.51. The molecule has 1 aliphatic heterocycles. The Hall–Kier alpha value is -3.46. The Morgan fingerprint density at radius 1 is 0.833 bits per heavy atom. The zero-order valence-corrected chi connectivity index (χ0v) is 17.2. The normalized spacial score (nSPS) is 15.3. The maximum Gasteiger partial charge on any atom is 0.165 e. The minimum Gasteiger partial charge on any atom is -0.486 e. The average molecular weight is 399 g/mol. The number of hydrogen-bond donors (Lipinski definition) is 0. The van der Waals surface area contributed by atoms with Gasteiger partial charge in [-0.1, -0.05) is 78.9 Å². The molecule has 0 radical (unpaired) electrons. The summed E-state index contributed by atoms with van der Waals surface area (Å²) in [5.41, 5.74) is 3.37. The zero-order valence-electron chi connectivity index (χ0n) is 17.2. The topological polar surface area (TPSA) is 27.7 Å². The lowest BCUT2D eigenvalue weighted by atomic mass is 10.1. The van der Waals surface area contributed by atoms with Crippen molar-refractivity contribution < 1.29 is 14.2 Å². The van der Waals surface area contributed by atoms with Gasteiger partial charge < -0.3 is 14.2 Å². The van der Waals surface area contributed by atoms with Crippen LogP contribution >= 0.6 is 0 Å². The number of benzene rings is 3. The lowest BCUT2D eigenvalue weighted by Gasteiger charge is -2.15. The Balaban J connectivity index is 1.54. The Labute approximate surface area is 178 Å². The minimum atomic E-state index is 0.0301. The molecule has 30 heavy (non-hydrogen) atoms. The van der Waals surface area contributed by atoms with Crippen molar-refractivity contribution in [3.05, 3.63) is 114 Å². The van der Waals surface area contributed by atoms with E-state index >= 15 is 0 Å². The molecular weight excluding hydrogens is 372 g/mol. The number of rotatable bonds is 8. The minimum absolute atomic E-state index is 0.0301. The van der Waals surface area contributed by atoms with Crippen molar-refractivity contribution in [3.8, 4) is 17.2 Å². The molecule has 3 aromatic carbocycles. The monoisotopic (exact) mass is 398 g/mol. The molecule has 1 aliphatic rings. The molecule has 0 bridgehead atoms. The molecule has 0 saturated heterocycles. The van der Waals surface area contributed by atoms with E-state index in [0.29, 0.717) is 19.0 Å². The molecular formula is C27H26O3. The fraction of sp³-hybridized carbons (Fsp3) is 0.185. The Bertz CT molecular complexity index is 935. The second kappa shape index (κ2) is 9.84. The highest BCUT2D eigenvalue weighted by molar-refractivity contribution is 5.53. The van der Waals surface area contributed by atoms with E-state index in [-0.39, 0.29) is 6.10 Å². The highest BCUT2D eigenvalue weighted by atomic mass is 16.5. The summed E-state index contributed by atoms with van der Waals surface area (Å²) in [6, 6.07) is 24.3. The first kappa shape index (κ1) is 19.8. The zero-order chi connectivity index (χ0) is 20.6. The van der Waals surface area contributed by atoms with Crippen LogP contribution in [-0.4, -0.2) is 6.10 Å². The van der Waals surface area contributed by atoms with Gasteiger partial charge in [-0.25, -0.2) is 0 Å². The summed E-state index contributed by atoms with van der Waals surface area (Å²) in [5, 5.41) is 0. The summed E-state index contributed by atoms with van der Waals surface area (Å²) in [6.07, 6.45) is 8.97. The summed E-state index contributed by atoms with van der Waals surface area (Å²) in [6.45, 7) is 2.97. The van der Waals surface area contributed by atoms with E-state index in [0.717, 1.165) is 34.6 Å². The molecule has 152 valence electrons. The van der Waals surface area contributed by atoms with Crippen LogP contribution in [0.1, 0.15) is 23.6 Å². The highest BCUT2D eigenvalue weighted by Crippen LogP contribution is 2.40. The van der Waals surface area contributed by atoms with Crippen molar-refractivity contribution in [1.82, 2.24) is 0 Å². The predicted octanol–water partition coefficient (Wildman–Crippen LogP) is 6.28. The van der Waals surface area contributed by atoms with Crippen molar-refractivity contribution in [2.75, 3.05) is 0 Å². The molecule has 1 heterocycles. The number of allylic oxidation sites excluding steroid dienone is 3. The third-order valence-electron chi connectivity index (χ3n) is 4.93. The molecule has 0 amide bonds. The van der Waals surface area contributed by atoms with Gasteiger partial charge in [0.2, 0.25) is 0 Å². The van der Waals surface area contributed by atoms with Crippen LogP contribution in [0.4, 0.5) is 0 Å². The van der Waals surface area contributed by atoms with Gasteiger partial charge in [-0.15, -0.1) is 0 Å². The summed E-state index contributed by atoms with van der Waals surface area (Å²) >= 11 is 0. The number of ether oxygens (including phenoxy) is 3. The summed E-state index contributed by atoms with van der Waals surface area (Å²) < 4.78 is 18.4. The van der Waals surface area contributed by atoms with Crippen LogP contribution in [0.2, 0.25) is 0 Å².